The first-order valence-electron chi connectivity index (χ1n) is 3.51. The minimum absolute atomic E-state index is 0.0395. The molecule has 0 bridgehead atoms. The molecule has 0 spiro atoms. The lowest BCUT2D eigenvalue weighted by Crippen LogP contribution is -2.17. The normalized spacial score (nSPS) is 43.2. The predicted octanol–water partition coefficient (Wildman–Crippen LogP) is -0.303. The third-order valence-electron chi connectivity index (χ3n) is 2.59. The van der Waals surface area contributed by atoms with E-state index in [1.54, 1.807) is 0 Å². The first kappa shape index (κ1) is 5.89. The summed E-state index contributed by atoms with van der Waals surface area (Å²) in [7, 11) is 0. The van der Waals surface area contributed by atoms with Gasteiger partial charge in [-0.05, 0) is 11.8 Å². The van der Waals surface area contributed by atoms with E-state index < -0.39 is 0 Å². The molecule has 0 saturated heterocycles. The van der Waals surface area contributed by atoms with Gasteiger partial charge in [0.1, 0.15) is 5.78 Å². The van der Waals surface area contributed by atoms with E-state index in [2.05, 4.69) is 0 Å². The van der Waals surface area contributed by atoms with E-state index in [4.69, 9.17) is 5.73 Å². The zero-order valence-electron chi connectivity index (χ0n) is 5.54. The van der Waals surface area contributed by atoms with Crippen molar-refractivity contribution >= 4 is 11.7 Å². The first-order valence-corrected chi connectivity index (χ1v) is 3.51. The maximum absolute atomic E-state index is 10.7. The molecule has 2 aliphatic carbocycles. The molecule has 2 atom stereocenters. The van der Waals surface area contributed by atoms with Gasteiger partial charge >= 0.3 is 0 Å². The molecule has 2 unspecified atom stereocenters. The molecule has 54 valence electrons. The number of rotatable bonds is 1. The topological polar surface area (TPSA) is 60.2 Å². The van der Waals surface area contributed by atoms with Crippen molar-refractivity contribution in [3.63, 3.8) is 0 Å². The number of hydrogen-bond acceptors (Lipinski definition) is 2. The van der Waals surface area contributed by atoms with E-state index in [0.717, 1.165) is 0 Å². The summed E-state index contributed by atoms with van der Waals surface area (Å²) in [6.45, 7) is 0. The molecule has 2 N–H and O–H groups in total. The monoisotopic (exact) mass is 139 g/mol. The SMILES string of the molecule is NC(=O)C1C2CC(=O)CC21. The zero-order chi connectivity index (χ0) is 7.30. The van der Waals surface area contributed by atoms with Crippen LogP contribution in [0.4, 0.5) is 0 Å². The number of Topliss-reactive ketones (excluding diaryl/α,β-unsaturated/α-hetero) is 1. The van der Waals surface area contributed by atoms with E-state index in [1.165, 1.54) is 0 Å². The summed E-state index contributed by atoms with van der Waals surface area (Å²) in [6, 6.07) is 0. The Hall–Kier alpha value is -0.860. The van der Waals surface area contributed by atoms with Crippen molar-refractivity contribution in [1.82, 2.24) is 0 Å². The number of nitrogens with two attached hydrogens (primary N) is 1. The number of primary amides is 1. The smallest absolute Gasteiger partial charge is 0.221 e. The zero-order valence-corrected chi connectivity index (χ0v) is 5.54. The molecular weight excluding hydrogens is 130 g/mol. The van der Waals surface area contributed by atoms with Crippen LogP contribution in [0.1, 0.15) is 12.8 Å². The highest BCUT2D eigenvalue weighted by Crippen LogP contribution is 2.55. The van der Waals surface area contributed by atoms with E-state index >= 15 is 0 Å². The average molecular weight is 139 g/mol. The summed E-state index contributed by atoms with van der Waals surface area (Å²) in [5.74, 6) is 0.766. The van der Waals surface area contributed by atoms with Crippen LogP contribution < -0.4 is 5.73 Å². The summed E-state index contributed by atoms with van der Waals surface area (Å²) in [5.41, 5.74) is 5.08. The Bertz CT molecular complexity index is 198. The highest BCUT2D eigenvalue weighted by molar-refractivity contribution is 5.89. The van der Waals surface area contributed by atoms with Gasteiger partial charge in [0.15, 0.2) is 0 Å². The molecule has 0 heterocycles. The fourth-order valence-electron chi connectivity index (χ4n) is 2.03. The fourth-order valence-corrected chi connectivity index (χ4v) is 2.03. The van der Waals surface area contributed by atoms with Gasteiger partial charge < -0.3 is 5.73 Å². The van der Waals surface area contributed by atoms with Crippen molar-refractivity contribution < 1.29 is 9.59 Å². The molecule has 2 rings (SSSR count). The van der Waals surface area contributed by atoms with Gasteiger partial charge in [0.05, 0.1) is 0 Å². The molecular formula is C7H9NO2. The Morgan fingerprint density at radius 2 is 1.90 bits per heavy atom. The number of amides is 1. The molecule has 2 fully saturated rings. The van der Waals surface area contributed by atoms with Crippen LogP contribution in [0.15, 0.2) is 0 Å². The summed E-state index contributed by atoms with van der Waals surface area (Å²) in [6.07, 6.45) is 1.19. The standard InChI is InChI=1S/C7H9NO2/c8-7(10)6-4-1-3(9)2-5(4)6/h4-6H,1-2H2,(H2,8,10). The Morgan fingerprint density at radius 3 is 2.30 bits per heavy atom. The van der Waals surface area contributed by atoms with Crippen molar-refractivity contribution in [2.45, 2.75) is 12.8 Å². The largest absolute Gasteiger partial charge is 0.369 e. The van der Waals surface area contributed by atoms with Crippen LogP contribution in [0.25, 0.3) is 0 Å². The molecule has 3 nitrogen and oxygen atoms in total. The van der Waals surface area contributed by atoms with Crippen LogP contribution >= 0.6 is 0 Å². The lowest BCUT2D eigenvalue weighted by atomic mass is 10.1. The quantitative estimate of drug-likeness (QED) is 0.542. The molecule has 0 radical (unpaired) electrons. The molecule has 2 aliphatic rings. The summed E-state index contributed by atoms with van der Waals surface area (Å²) < 4.78 is 0. The molecule has 0 aromatic heterocycles. The van der Waals surface area contributed by atoms with E-state index in [1.807, 2.05) is 0 Å². The molecule has 0 aromatic rings. The van der Waals surface area contributed by atoms with Crippen molar-refractivity contribution in [2.24, 2.45) is 23.5 Å². The minimum atomic E-state index is -0.220. The van der Waals surface area contributed by atoms with Crippen LogP contribution in [-0.2, 0) is 9.59 Å². The van der Waals surface area contributed by atoms with E-state index in [9.17, 15) is 9.59 Å². The summed E-state index contributed by atoms with van der Waals surface area (Å²) in [4.78, 5) is 21.3. The van der Waals surface area contributed by atoms with Gasteiger partial charge in [-0.25, -0.2) is 0 Å². The van der Waals surface area contributed by atoms with Crippen molar-refractivity contribution in [3.05, 3.63) is 0 Å². The third kappa shape index (κ3) is 0.602. The van der Waals surface area contributed by atoms with Gasteiger partial charge in [0.25, 0.3) is 0 Å². The Labute approximate surface area is 58.6 Å². The van der Waals surface area contributed by atoms with Crippen molar-refractivity contribution in [3.8, 4) is 0 Å². The average Bonchev–Trinajstić information content (AvgIpc) is 2.32. The number of carbonyl (C=O) groups excluding carboxylic acids is 2. The molecule has 3 heteroatoms. The number of carbonyl (C=O) groups is 2. The van der Waals surface area contributed by atoms with Crippen LogP contribution in [0, 0.1) is 17.8 Å². The van der Waals surface area contributed by atoms with Crippen LogP contribution in [0.3, 0.4) is 0 Å². The Balaban J connectivity index is 2.04. The predicted molar refractivity (Wildman–Crippen MR) is 33.9 cm³/mol. The lowest BCUT2D eigenvalue weighted by Gasteiger charge is -1.94. The Morgan fingerprint density at radius 1 is 1.40 bits per heavy atom. The second-order valence-corrected chi connectivity index (χ2v) is 3.20. The molecule has 10 heavy (non-hydrogen) atoms. The van der Waals surface area contributed by atoms with Crippen LogP contribution in [0.2, 0.25) is 0 Å². The van der Waals surface area contributed by atoms with Gasteiger partial charge in [-0.1, -0.05) is 0 Å². The molecule has 0 aromatic carbocycles. The lowest BCUT2D eigenvalue weighted by molar-refractivity contribution is -0.121. The highest BCUT2D eigenvalue weighted by atomic mass is 16.1. The third-order valence-corrected chi connectivity index (χ3v) is 2.59. The van der Waals surface area contributed by atoms with Gasteiger partial charge in [-0.3, -0.25) is 9.59 Å². The van der Waals surface area contributed by atoms with Gasteiger partial charge in [0, 0.05) is 18.8 Å². The van der Waals surface area contributed by atoms with Crippen LogP contribution in [0.5, 0.6) is 0 Å². The maximum Gasteiger partial charge on any atom is 0.221 e. The van der Waals surface area contributed by atoms with Gasteiger partial charge in [-0.15, -0.1) is 0 Å². The second kappa shape index (κ2) is 1.59. The minimum Gasteiger partial charge on any atom is -0.369 e. The fraction of sp³-hybridized carbons (Fsp3) is 0.714. The maximum atomic E-state index is 10.7. The Kier molecular flexibility index (Phi) is 0.938. The van der Waals surface area contributed by atoms with E-state index in [0.29, 0.717) is 30.5 Å². The molecule has 2 saturated carbocycles. The van der Waals surface area contributed by atoms with Crippen molar-refractivity contribution in [2.75, 3.05) is 0 Å². The summed E-state index contributed by atoms with van der Waals surface area (Å²) in [5, 5.41) is 0. The number of ketones is 1. The first-order chi connectivity index (χ1) is 4.70. The highest BCUT2D eigenvalue weighted by Gasteiger charge is 2.58. The van der Waals surface area contributed by atoms with Crippen LogP contribution in [-0.4, -0.2) is 11.7 Å². The molecule has 1 amide bonds. The van der Waals surface area contributed by atoms with Gasteiger partial charge in [0.2, 0.25) is 5.91 Å². The van der Waals surface area contributed by atoms with Crippen molar-refractivity contribution in [1.29, 1.82) is 0 Å². The van der Waals surface area contributed by atoms with E-state index in [-0.39, 0.29) is 11.8 Å². The summed E-state index contributed by atoms with van der Waals surface area (Å²) >= 11 is 0. The number of hydrogen-bond donors (Lipinski definition) is 1. The van der Waals surface area contributed by atoms with Gasteiger partial charge in [-0.2, -0.15) is 0 Å². The second-order valence-electron chi connectivity index (χ2n) is 3.20. The number of fused-ring (bicyclic) bond motifs is 1. The molecule has 0 aliphatic heterocycles.